The van der Waals surface area contributed by atoms with Crippen LogP contribution in [-0.2, 0) is 11.2 Å². The van der Waals surface area contributed by atoms with E-state index in [9.17, 15) is 5.11 Å². The number of pyridine rings is 1. The molecule has 2 heterocycles. The fourth-order valence-electron chi connectivity index (χ4n) is 2.36. The quantitative estimate of drug-likeness (QED) is 0.850. The van der Waals surface area contributed by atoms with Crippen LogP contribution >= 0.6 is 0 Å². The molecule has 2 rings (SSSR count). The van der Waals surface area contributed by atoms with E-state index in [1.165, 1.54) is 5.56 Å². The largest absolute Gasteiger partial charge is 0.393 e. The van der Waals surface area contributed by atoms with Gasteiger partial charge in [-0.05, 0) is 49.7 Å². The SMILES string of the molecule is OC(CCc1cccnc1)CC1CCOCC1. The van der Waals surface area contributed by atoms with E-state index in [2.05, 4.69) is 11.1 Å². The Morgan fingerprint density at radius 1 is 1.41 bits per heavy atom. The molecule has 1 fully saturated rings. The van der Waals surface area contributed by atoms with Gasteiger partial charge in [0.2, 0.25) is 0 Å². The second-order valence-corrected chi connectivity index (χ2v) is 4.85. The maximum atomic E-state index is 10.0. The van der Waals surface area contributed by atoms with Gasteiger partial charge in [-0.2, -0.15) is 0 Å². The maximum absolute atomic E-state index is 10.0. The molecule has 1 unspecified atom stereocenters. The molecule has 0 saturated carbocycles. The molecule has 0 spiro atoms. The van der Waals surface area contributed by atoms with E-state index in [4.69, 9.17) is 4.74 Å². The molecule has 0 aromatic carbocycles. The van der Waals surface area contributed by atoms with Crippen LogP contribution in [0, 0.1) is 5.92 Å². The highest BCUT2D eigenvalue weighted by molar-refractivity contribution is 5.08. The highest BCUT2D eigenvalue weighted by Crippen LogP contribution is 2.21. The van der Waals surface area contributed by atoms with Gasteiger partial charge in [0, 0.05) is 25.6 Å². The highest BCUT2D eigenvalue weighted by Gasteiger charge is 2.17. The summed E-state index contributed by atoms with van der Waals surface area (Å²) in [6.07, 6.45) is 8.35. The van der Waals surface area contributed by atoms with Gasteiger partial charge < -0.3 is 9.84 Å². The number of rotatable bonds is 5. The minimum absolute atomic E-state index is 0.182. The van der Waals surface area contributed by atoms with E-state index < -0.39 is 0 Å². The lowest BCUT2D eigenvalue weighted by Gasteiger charge is -2.24. The zero-order valence-electron chi connectivity index (χ0n) is 10.2. The molecule has 0 bridgehead atoms. The van der Waals surface area contributed by atoms with Crippen LogP contribution in [0.5, 0.6) is 0 Å². The van der Waals surface area contributed by atoms with Crippen LogP contribution in [0.1, 0.15) is 31.2 Å². The second kappa shape index (κ2) is 6.72. The number of aryl methyl sites for hydroxylation is 1. The monoisotopic (exact) mass is 235 g/mol. The Morgan fingerprint density at radius 2 is 2.24 bits per heavy atom. The van der Waals surface area contributed by atoms with Gasteiger partial charge in [-0.1, -0.05) is 6.07 Å². The third-order valence-electron chi connectivity index (χ3n) is 3.44. The van der Waals surface area contributed by atoms with Gasteiger partial charge in [-0.15, -0.1) is 0 Å². The molecule has 17 heavy (non-hydrogen) atoms. The molecular formula is C14H21NO2. The first kappa shape index (κ1) is 12.5. The predicted molar refractivity (Wildman–Crippen MR) is 66.7 cm³/mol. The molecule has 0 amide bonds. The van der Waals surface area contributed by atoms with E-state index >= 15 is 0 Å². The van der Waals surface area contributed by atoms with Gasteiger partial charge in [0.1, 0.15) is 0 Å². The first-order valence-corrected chi connectivity index (χ1v) is 6.49. The molecule has 1 atom stereocenters. The molecule has 1 N–H and O–H groups in total. The van der Waals surface area contributed by atoms with Crippen molar-refractivity contribution in [1.82, 2.24) is 4.98 Å². The van der Waals surface area contributed by atoms with Crippen molar-refractivity contribution in [3.63, 3.8) is 0 Å². The maximum Gasteiger partial charge on any atom is 0.0546 e. The minimum Gasteiger partial charge on any atom is -0.393 e. The average molecular weight is 235 g/mol. The number of nitrogens with zero attached hydrogens (tertiary/aromatic N) is 1. The van der Waals surface area contributed by atoms with Crippen LogP contribution < -0.4 is 0 Å². The van der Waals surface area contributed by atoms with E-state index in [1.807, 2.05) is 12.3 Å². The predicted octanol–water partition coefficient (Wildman–Crippen LogP) is 2.19. The molecule has 1 saturated heterocycles. The first-order valence-electron chi connectivity index (χ1n) is 6.49. The van der Waals surface area contributed by atoms with Crippen LogP contribution in [0.2, 0.25) is 0 Å². The van der Waals surface area contributed by atoms with Crippen molar-refractivity contribution in [1.29, 1.82) is 0 Å². The third-order valence-corrected chi connectivity index (χ3v) is 3.44. The van der Waals surface area contributed by atoms with Crippen molar-refractivity contribution < 1.29 is 9.84 Å². The summed E-state index contributed by atoms with van der Waals surface area (Å²) in [6, 6.07) is 4.01. The van der Waals surface area contributed by atoms with Crippen molar-refractivity contribution >= 4 is 0 Å². The molecule has 3 heteroatoms. The Bertz CT molecular complexity index is 309. The lowest BCUT2D eigenvalue weighted by Crippen LogP contribution is -2.21. The highest BCUT2D eigenvalue weighted by atomic mass is 16.5. The number of aliphatic hydroxyl groups excluding tert-OH is 1. The zero-order valence-corrected chi connectivity index (χ0v) is 10.2. The number of ether oxygens (including phenoxy) is 1. The number of hydrogen-bond acceptors (Lipinski definition) is 3. The van der Waals surface area contributed by atoms with E-state index in [0.717, 1.165) is 45.3 Å². The van der Waals surface area contributed by atoms with Crippen molar-refractivity contribution in [3.05, 3.63) is 30.1 Å². The summed E-state index contributed by atoms with van der Waals surface area (Å²) in [6.45, 7) is 1.72. The molecule has 0 radical (unpaired) electrons. The summed E-state index contributed by atoms with van der Waals surface area (Å²) in [5.41, 5.74) is 1.21. The van der Waals surface area contributed by atoms with Crippen LogP contribution in [0.15, 0.2) is 24.5 Å². The summed E-state index contributed by atoms with van der Waals surface area (Å²) in [5, 5.41) is 10.0. The summed E-state index contributed by atoms with van der Waals surface area (Å²) in [4.78, 5) is 4.08. The Morgan fingerprint density at radius 3 is 2.94 bits per heavy atom. The van der Waals surface area contributed by atoms with Crippen molar-refractivity contribution in [2.45, 2.75) is 38.2 Å². The fourth-order valence-corrected chi connectivity index (χ4v) is 2.36. The molecular weight excluding hydrogens is 214 g/mol. The summed E-state index contributed by atoms with van der Waals surface area (Å²) in [7, 11) is 0. The fraction of sp³-hybridized carbons (Fsp3) is 0.643. The standard InChI is InChI=1S/C14H21NO2/c16-14(10-12-5-8-17-9-6-12)4-3-13-2-1-7-15-11-13/h1-2,7,11-12,14,16H,3-6,8-10H2. The summed E-state index contributed by atoms with van der Waals surface area (Å²) < 4.78 is 5.32. The lowest BCUT2D eigenvalue weighted by atomic mass is 9.91. The zero-order chi connectivity index (χ0) is 11.9. The molecule has 1 aromatic rings. The normalized spacial score (nSPS) is 19.1. The van der Waals surface area contributed by atoms with Crippen LogP contribution in [0.25, 0.3) is 0 Å². The van der Waals surface area contributed by atoms with E-state index in [-0.39, 0.29) is 6.10 Å². The molecule has 94 valence electrons. The first-order chi connectivity index (χ1) is 8.34. The van der Waals surface area contributed by atoms with Gasteiger partial charge in [0.25, 0.3) is 0 Å². The van der Waals surface area contributed by atoms with Gasteiger partial charge in [0.05, 0.1) is 6.10 Å². The third kappa shape index (κ3) is 4.44. The Balaban J connectivity index is 1.68. The molecule has 3 nitrogen and oxygen atoms in total. The van der Waals surface area contributed by atoms with E-state index in [0.29, 0.717) is 5.92 Å². The van der Waals surface area contributed by atoms with E-state index in [1.54, 1.807) is 6.20 Å². The average Bonchev–Trinajstić information content (AvgIpc) is 2.39. The topological polar surface area (TPSA) is 42.4 Å². The minimum atomic E-state index is -0.182. The molecule has 1 aromatic heterocycles. The van der Waals surface area contributed by atoms with Crippen molar-refractivity contribution in [3.8, 4) is 0 Å². The molecule has 1 aliphatic heterocycles. The lowest BCUT2D eigenvalue weighted by molar-refractivity contribution is 0.0421. The summed E-state index contributed by atoms with van der Waals surface area (Å²) in [5.74, 6) is 0.646. The number of aliphatic hydroxyl groups is 1. The second-order valence-electron chi connectivity index (χ2n) is 4.85. The number of aromatic nitrogens is 1. The number of hydrogen-bond donors (Lipinski definition) is 1. The smallest absolute Gasteiger partial charge is 0.0546 e. The van der Waals surface area contributed by atoms with Gasteiger partial charge >= 0.3 is 0 Å². The van der Waals surface area contributed by atoms with Gasteiger partial charge in [-0.25, -0.2) is 0 Å². The summed E-state index contributed by atoms with van der Waals surface area (Å²) >= 11 is 0. The Labute approximate surface area is 103 Å². The van der Waals surface area contributed by atoms with Crippen LogP contribution in [0.3, 0.4) is 0 Å². The Kier molecular flexibility index (Phi) is 4.95. The van der Waals surface area contributed by atoms with Crippen molar-refractivity contribution in [2.24, 2.45) is 5.92 Å². The molecule has 1 aliphatic rings. The van der Waals surface area contributed by atoms with Gasteiger partial charge in [-0.3, -0.25) is 4.98 Å². The van der Waals surface area contributed by atoms with Gasteiger partial charge in [0.15, 0.2) is 0 Å². The molecule has 0 aliphatic carbocycles. The van der Waals surface area contributed by atoms with Crippen LogP contribution in [0.4, 0.5) is 0 Å². The van der Waals surface area contributed by atoms with Crippen LogP contribution in [-0.4, -0.2) is 29.4 Å². The van der Waals surface area contributed by atoms with Crippen molar-refractivity contribution in [2.75, 3.05) is 13.2 Å². The Hall–Kier alpha value is -0.930.